The first-order valence-corrected chi connectivity index (χ1v) is 9.70. The highest BCUT2D eigenvalue weighted by Gasteiger charge is 2.38. The van der Waals surface area contributed by atoms with Crippen LogP contribution in [0.3, 0.4) is 0 Å². The monoisotopic (exact) mass is 443 g/mol. The smallest absolute Gasteiger partial charge is 0.344 e. The van der Waals surface area contributed by atoms with Gasteiger partial charge in [0.1, 0.15) is 5.75 Å². The summed E-state index contributed by atoms with van der Waals surface area (Å²) in [5.74, 6) is -0.294. The molecule has 0 fully saturated rings. The zero-order chi connectivity index (χ0) is 20.3. The number of rotatable bonds is 6. The number of para-hydroxylation sites is 1. The maximum atomic E-state index is 12.4. The van der Waals surface area contributed by atoms with Crippen molar-refractivity contribution in [1.29, 1.82) is 0 Å². The minimum Gasteiger partial charge on any atom is -0.482 e. The minimum absolute atomic E-state index is 0.248. The Balaban J connectivity index is 1.56. The van der Waals surface area contributed by atoms with Crippen molar-refractivity contribution in [3.05, 3.63) is 70.3 Å². The van der Waals surface area contributed by atoms with Crippen LogP contribution in [-0.4, -0.2) is 32.0 Å². The second-order valence-electron chi connectivity index (χ2n) is 7.10. The van der Waals surface area contributed by atoms with Crippen LogP contribution in [0.1, 0.15) is 19.4 Å². The van der Waals surface area contributed by atoms with Crippen molar-refractivity contribution in [2.45, 2.75) is 19.3 Å². The van der Waals surface area contributed by atoms with Crippen LogP contribution in [0, 0.1) is 0 Å². The van der Waals surface area contributed by atoms with Gasteiger partial charge in [0.05, 0.1) is 0 Å². The fourth-order valence-corrected chi connectivity index (χ4v) is 3.58. The van der Waals surface area contributed by atoms with Gasteiger partial charge in [-0.3, -0.25) is 4.79 Å². The van der Waals surface area contributed by atoms with Gasteiger partial charge in [0.15, 0.2) is 19.0 Å². The van der Waals surface area contributed by atoms with Crippen LogP contribution < -0.4 is 9.64 Å². The summed E-state index contributed by atoms with van der Waals surface area (Å²) in [4.78, 5) is 26.2. The third-order valence-electron chi connectivity index (χ3n) is 4.78. The molecule has 0 spiro atoms. The van der Waals surface area contributed by atoms with E-state index in [0.717, 1.165) is 21.4 Å². The second-order valence-corrected chi connectivity index (χ2v) is 8.02. The molecule has 28 heavy (non-hydrogen) atoms. The summed E-state index contributed by atoms with van der Waals surface area (Å²) < 4.78 is 11.3. The molecule has 6 heteroatoms. The van der Waals surface area contributed by atoms with Crippen molar-refractivity contribution < 1.29 is 19.1 Å². The SMILES string of the molecule is CN1C(=CC(=O)COC(=O)COc2ccc(Br)cc2)C(C)(C)c2ccccc21. The number of anilines is 1. The summed E-state index contributed by atoms with van der Waals surface area (Å²) in [6, 6.07) is 15.2. The Morgan fingerprint density at radius 3 is 2.43 bits per heavy atom. The summed E-state index contributed by atoms with van der Waals surface area (Å²) in [6.45, 7) is 3.59. The normalized spacial score (nSPS) is 16.0. The highest BCUT2D eigenvalue weighted by Crippen LogP contribution is 2.46. The van der Waals surface area contributed by atoms with Crippen LogP contribution >= 0.6 is 15.9 Å². The first-order chi connectivity index (χ1) is 13.3. The number of halogens is 1. The van der Waals surface area contributed by atoms with Gasteiger partial charge in [-0.25, -0.2) is 4.79 Å². The van der Waals surface area contributed by atoms with Gasteiger partial charge in [-0.1, -0.05) is 48.0 Å². The lowest BCUT2D eigenvalue weighted by Crippen LogP contribution is -2.25. The topological polar surface area (TPSA) is 55.8 Å². The van der Waals surface area contributed by atoms with Crippen molar-refractivity contribution in [2.75, 3.05) is 25.2 Å². The third-order valence-corrected chi connectivity index (χ3v) is 5.31. The zero-order valence-electron chi connectivity index (χ0n) is 16.1. The number of nitrogens with zero attached hydrogens (tertiary/aromatic N) is 1. The Morgan fingerprint density at radius 2 is 1.75 bits per heavy atom. The predicted octanol–water partition coefficient (Wildman–Crippen LogP) is 4.25. The van der Waals surface area contributed by atoms with Gasteiger partial charge in [-0.05, 0) is 35.9 Å². The lowest BCUT2D eigenvalue weighted by molar-refractivity contribution is -0.148. The van der Waals surface area contributed by atoms with E-state index in [1.807, 2.05) is 42.3 Å². The molecule has 0 atom stereocenters. The number of carbonyl (C=O) groups is 2. The molecule has 5 nitrogen and oxygen atoms in total. The molecule has 0 aromatic heterocycles. The van der Waals surface area contributed by atoms with Crippen LogP contribution in [0.4, 0.5) is 5.69 Å². The van der Waals surface area contributed by atoms with E-state index in [0.29, 0.717) is 5.75 Å². The summed E-state index contributed by atoms with van der Waals surface area (Å²) in [7, 11) is 1.94. The molecule has 3 rings (SSSR count). The van der Waals surface area contributed by atoms with Crippen LogP contribution in [0.25, 0.3) is 0 Å². The highest BCUT2D eigenvalue weighted by molar-refractivity contribution is 9.10. The van der Waals surface area contributed by atoms with Gasteiger partial charge < -0.3 is 14.4 Å². The molecule has 0 bridgehead atoms. The summed E-state index contributed by atoms with van der Waals surface area (Å²) in [6.07, 6.45) is 1.56. The quantitative estimate of drug-likeness (QED) is 0.493. The number of allylic oxidation sites excluding steroid dienone is 1. The van der Waals surface area contributed by atoms with E-state index in [4.69, 9.17) is 9.47 Å². The maximum absolute atomic E-state index is 12.4. The van der Waals surface area contributed by atoms with E-state index in [-0.39, 0.29) is 24.4 Å². The van der Waals surface area contributed by atoms with Crippen LogP contribution in [0.2, 0.25) is 0 Å². The molecular weight excluding hydrogens is 422 g/mol. The predicted molar refractivity (Wildman–Crippen MR) is 112 cm³/mol. The molecule has 0 N–H and O–H groups in total. The Kier molecular flexibility index (Phi) is 5.89. The average Bonchev–Trinajstić information content (AvgIpc) is 2.87. The number of fused-ring (bicyclic) bond motifs is 1. The molecule has 0 radical (unpaired) electrons. The molecule has 146 valence electrons. The van der Waals surface area contributed by atoms with E-state index in [1.54, 1.807) is 18.2 Å². The first kappa shape index (κ1) is 20.1. The van der Waals surface area contributed by atoms with Gasteiger partial charge in [-0.15, -0.1) is 0 Å². The summed E-state index contributed by atoms with van der Waals surface area (Å²) in [5, 5.41) is 0. The van der Waals surface area contributed by atoms with Crippen LogP contribution in [-0.2, 0) is 19.7 Å². The second kappa shape index (κ2) is 8.19. The fraction of sp³-hybridized carbons (Fsp3) is 0.273. The standard InChI is InChI=1S/C22H22BrNO4/c1-22(2)18-6-4-5-7-19(18)24(3)20(22)12-16(25)13-28-21(26)14-27-17-10-8-15(23)9-11-17/h4-12H,13-14H2,1-3H3. The molecule has 0 saturated carbocycles. The number of likely N-dealkylation sites (N-methyl/N-ethyl adjacent to an activating group) is 1. The maximum Gasteiger partial charge on any atom is 0.344 e. The Bertz CT molecular complexity index is 918. The molecular formula is C22H22BrNO4. The Morgan fingerprint density at radius 1 is 1.07 bits per heavy atom. The van der Waals surface area contributed by atoms with E-state index < -0.39 is 5.97 Å². The van der Waals surface area contributed by atoms with E-state index >= 15 is 0 Å². The summed E-state index contributed by atoms with van der Waals surface area (Å²) in [5.41, 5.74) is 2.82. The van der Waals surface area contributed by atoms with Gasteiger partial charge >= 0.3 is 5.97 Å². The summed E-state index contributed by atoms with van der Waals surface area (Å²) >= 11 is 3.33. The number of ether oxygens (including phenoxy) is 2. The number of benzene rings is 2. The van der Waals surface area contributed by atoms with Crippen molar-refractivity contribution in [3.8, 4) is 5.75 Å². The molecule has 0 amide bonds. The van der Waals surface area contributed by atoms with Crippen molar-refractivity contribution in [3.63, 3.8) is 0 Å². The molecule has 1 aliphatic heterocycles. The first-order valence-electron chi connectivity index (χ1n) is 8.91. The molecule has 0 saturated heterocycles. The van der Waals surface area contributed by atoms with Crippen molar-refractivity contribution in [1.82, 2.24) is 0 Å². The highest BCUT2D eigenvalue weighted by atomic mass is 79.9. The Hall–Kier alpha value is -2.60. The average molecular weight is 444 g/mol. The largest absolute Gasteiger partial charge is 0.482 e. The van der Waals surface area contributed by atoms with Crippen LogP contribution in [0.5, 0.6) is 5.75 Å². The molecule has 2 aromatic carbocycles. The molecule has 0 unspecified atom stereocenters. The van der Waals surface area contributed by atoms with E-state index in [2.05, 4.69) is 35.8 Å². The van der Waals surface area contributed by atoms with Crippen molar-refractivity contribution >= 4 is 33.4 Å². The van der Waals surface area contributed by atoms with E-state index in [1.165, 1.54) is 0 Å². The fourth-order valence-electron chi connectivity index (χ4n) is 3.32. The number of hydrogen-bond donors (Lipinski definition) is 0. The lowest BCUT2D eigenvalue weighted by Gasteiger charge is -2.23. The minimum atomic E-state index is -0.586. The molecule has 1 aliphatic rings. The number of hydrogen-bond acceptors (Lipinski definition) is 5. The van der Waals surface area contributed by atoms with E-state index in [9.17, 15) is 9.59 Å². The van der Waals surface area contributed by atoms with Gasteiger partial charge in [0.2, 0.25) is 0 Å². The number of carbonyl (C=O) groups excluding carboxylic acids is 2. The molecule has 2 aromatic rings. The van der Waals surface area contributed by atoms with Gasteiger partial charge in [-0.2, -0.15) is 0 Å². The molecule has 0 aliphatic carbocycles. The van der Waals surface area contributed by atoms with Gasteiger partial charge in [0.25, 0.3) is 0 Å². The number of esters is 1. The van der Waals surface area contributed by atoms with Crippen molar-refractivity contribution in [2.24, 2.45) is 0 Å². The third kappa shape index (κ3) is 4.28. The lowest BCUT2D eigenvalue weighted by atomic mass is 9.83. The Labute approximate surface area is 173 Å². The number of ketones is 1. The van der Waals surface area contributed by atoms with Crippen LogP contribution in [0.15, 0.2) is 64.8 Å². The molecule has 1 heterocycles. The zero-order valence-corrected chi connectivity index (χ0v) is 17.7. The van der Waals surface area contributed by atoms with Gasteiger partial charge in [0, 0.05) is 34.4 Å².